The molecular weight excluding hydrogens is 398 g/mol. The normalized spacial score (nSPS) is 21.8. The Hall–Kier alpha value is -3.04. The number of nitrogens with one attached hydrogen (secondary N) is 2. The smallest absolute Gasteiger partial charge is 0.290 e. The number of hydrogen-bond donors (Lipinski definition) is 2. The summed E-state index contributed by atoms with van der Waals surface area (Å²) in [5, 5.41) is 18.5. The van der Waals surface area contributed by atoms with Gasteiger partial charge in [0, 0.05) is 42.6 Å². The number of rotatable bonds is 8. The first kappa shape index (κ1) is 19.9. The Morgan fingerprint density at radius 3 is 2.81 bits per heavy atom. The Labute approximate surface area is 179 Å². The van der Waals surface area contributed by atoms with Gasteiger partial charge in [0.2, 0.25) is 17.5 Å². The fraction of sp³-hybridized carbons (Fsp3) is 0.455. The van der Waals surface area contributed by atoms with E-state index in [1.165, 1.54) is 0 Å². The molecule has 3 aromatic rings. The molecule has 9 nitrogen and oxygen atoms in total. The fourth-order valence-electron chi connectivity index (χ4n) is 3.71. The van der Waals surface area contributed by atoms with Crippen molar-refractivity contribution in [3.8, 4) is 11.3 Å². The summed E-state index contributed by atoms with van der Waals surface area (Å²) >= 11 is 0. The Morgan fingerprint density at radius 2 is 2.06 bits per heavy atom. The van der Waals surface area contributed by atoms with Crippen LogP contribution in [0.25, 0.3) is 11.3 Å². The predicted octanol–water partition coefficient (Wildman–Crippen LogP) is 2.70. The van der Waals surface area contributed by atoms with Crippen LogP contribution in [-0.2, 0) is 4.74 Å². The molecule has 1 aliphatic carbocycles. The number of aromatic nitrogens is 3. The molecule has 1 atom stereocenters. The zero-order valence-electron chi connectivity index (χ0n) is 17.3. The van der Waals surface area contributed by atoms with Crippen molar-refractivity contribution in [3.05, 3.63) is 53.9 Å². The van der Waals surface area contributed by atoms with Gasteiger partial charge in [0.25, 0.3) is 5.91 Å². The number of carbonyl (C=O) groups excluding carboxylic acids is 1. The highest BCUT2D eigenvalue weighted by molar-refractivity contribution is 5.92. The number of amides is 1. The summed E-state index contributed by atoms with van der Waals surface area (Å²) in [6.07, 6.45) is 1.27. The quantitative estimate of drug-likeness (QED) is 0.568. The third kappa shape index (κ3) is 4.38. The van der Waals surface area contributed by atoms with E-state index in [-0.39, 0.29) is 29.7 Å². The maximum absolute atomic E-state index is 12.5. The lowest BCUT2D eigenvalue weighted by Gasteiger charge is -2.33. The Morgan fingerprint density at radius 1 is 1.26 bits per heavy atom. The average molecular weight is 423 g/mol. The molecule has 0 radical (unpaired) electrons. The molecule has 1 aromatic carbocycles. The lowest BCUT2D eigenvalue weighted by Crippen LogP contribution is -2.44. The van der Waals surface area contributed by atoms with Crippen LogP contribution in [0.1, 0.15) is 54.1 Å². The van der Waals surface area contributed by atoms with Crippen LogP contribution in [0.15, 0.2) is 45.3 Å². The monoisotopic (exact) mass is 423 g/mol. The number of hydrogen-bond acceptors (Lipinski definition) is 8. The minimum atomic E-state index is -0.267. The van der Waals surface area contributed by atoms with E-state index in [1.807, 2.05) is 37.3 Å². The van der Waals surface area contributed by atoms with Crippen LogP contribution in [-0.4, -0.2) is 47.0 Å². The third-order valence-corrected chi connectivity index (χ3v) is 5.88. The summed E-state index contributed by atoms with van der Waals surface area (Å²) in [4.78, 5) is 12.5. The van der Waals surface area contributed by atoms with Gasteiger partial charge in [-0.2, -0.15) is 0 Å². The van der Waals surface area contributed by atoms with Crippen molar-refractivity contribution >= 4 is 5.91 Å². The molecule has 2 aromatic heterocycles. The number of nitrogens with zero attached hydrogens (tertiary/aromatic N) is 3. The molecule has 1 aliphatic heterocycles. The van der Waals surface area contributed by atoms with Crippen molar-refractivity contribution in [2.24, 2.45) is 5.92 Å². The summed E-state index contributed by atoms with van der Waals surface area (Å²) in [5.74, 6) is 1.75. The molecule has 2 N–H and O–H groups in total. The lowest BCUT2D eigenvalue weighted by atomic mass is 9.80. The van der Waals surface area contributed by atoms with Gasteiger partial charge in [0.05, 0.1) is 6.61 Å². The minimum absolute atomic E-state index is 0.0397. The second kappa shape index (κ2) is 8.60. The third-order valence-electron chi connectivity index (χ3n) is 5.88. The van der Waals surface area contributed by atoms with Crippen molar-refractivity contribution in [1.29, 1.82) is 0 Å². The zero-order chi connectivity index (χ0) is 21.2. The molecule has 3 heterocycles. The van der Waals surface area contributed by atoms with Gasteiger partial charge < -0.3 is 24.3 Å². The van der Waals surface area contributed by atoms with E-state index in [1.54, 1.807) is 6.07 Å². The second-order valence-corrected chi connectivity index (χ2v) is 8.26. The van der Waals surface area contributed by atoms with Crippen molar-refractivity contribution in [2.45, 2.75) is 37.8 Å². The first-order valence-electron chi connectivity index (χ1n) is 10.6. The summed E-state index contributed by atoms with van der Waals surface area (Å²) in [7, 11) is 0. The first-order valence-corrected chi connectivity index (χ1v) is 10.6. The summed E-state index contributed by atoms with van der Waals surface area (Å²) in [6.45, 7) is 4.61. The highest BCUT2D eigenvalue weighted by Gasteiger charge is 2.36. The van der Waals surface area contributed by atoms with E-state index in [0.29, 0.717) is 30.0 Å². The summed E-state index contributed by atoms with van der Waals surface area (Å²) in [6, 6.07) is 11.3. The van der Waals surface area contributed by atoms with Crippen LogP contribution in [0.5, 0.6) is 0 Å². The molecule has 1 saturated carbocycles. The van der Waals surface area contributed by atoms with E-state index >= 15 is 0 Å². The predicted molar refractivity (Wildman–Crippen MR) is 110 cm³/mol. The molecule has 162 valence electrons. The second-order valence-electron chi connectivity index (χ2n) is 8.26. The highest BCUT2D eigenvalue weighted by Crippen LogP contribution is 2.37. The van der Waals surface area contributed by atoms with Crippen LogP contribution >= 0.6 is 0 Å². The maximum atomic E-state index is 12.5. The van der Waals surface area contributed by atoms with Gasteiger partial charge in [0.1, 0.15) is 11.8 Å². The van der Waals surface area contributed by atoms with Gasteiger partial charge in [-0.05, 0) is 19.8 Å². The first-order chi connectivity index (χ1) is 15.2. The van der Waals surface area contributed by atoms with Crippen molar-refractivity contribution < 1.29 is 18.5 Å². The van der Waals surface area contributed by atoms with Gasteiger partial charge in [-0.25, -0.2) is 0 Å². The van der Waals surface area contributed by atoms with Gasteiger partial charge in [-0.15, -0.1) is 10.2 Å². The largest absolute Gasteiger partial charge is 0.422 e. The van der Waals surface area contributed by atoms with Crippen molar-refractivity contribution in [1.82, 2.24) is 26.0 Å². The van der Waals surface area contributed by atoms with E-state index in [9.17, 15) is 4.79 Å². The van der Waals surface area contributed by atoms with Crippen LogP contribution in [0.4, 0.5) is 0 Å². The number of benzene rings is 1. The van der Waals surface area contributed by atoms with Crippen molar-refractivity contribution in [2.75, 3.05) is 19.7 Å². The van der Waals surface area contributed by atoms with Crippen LogP contribution in [0.2, 0.25) is 0 Å². The number of carbonyl (C=O) groups is 1. The van der Waals surface area contributed by atoms with Crippen LogP contribution < -0.4 is 10.6 Å². The van der Waals surface area contributed by atoms with Crippen molar-refractivity contribution in [3.63, 3.8) is 0 Å². The molecule has 0 bridgehead atoms. The van der Waals surface area contributed by atoms with E-state index in [2.05, 4.69) is 26.0 Å². The zero-order valence-corrected chi connectivity index (χ0v) is 17.3. The SMILES string of the molecule is C[C@@H](OCC1CNC1)c1nnc(C2CC(NC(=O)c3cc(-c4ccccc4)no3)C2)o1. The van der Waals surface area contributed by atoms with E-state index in [0.717, 1.165) is 31.5 Å². The lowest BCUT2D eigenvalue weighted by molar-refractivity contribution is 0.0113. The Kier molecular flexibility index (Phi) is 5.52. The maximum Gasteiger partial charge on any atom is 0.290 e. The van der Waals surface area contributed by atoms with Crippen LogP contribution in [0.3, 0.4) is 0 Å². The van der Waals surface area contributed by atoms with Gasteiger partial charge in [-0.1, -0.05) is 35.5 Å². The molecule has 0 unspecified atom stereocenters. The van der Waals surface area contributed by atoms with Crippen LogP contribution in [0, 0.1) is 5.92 Å². The topological polar surface area (TPSA) is 115 Å². The molecule has 0 spiro atoms. The highest BCUT2D eigenvalue weighted by atomic mass is 16.5. The van der Waals surface area contributed by atoms with E-state index < -0.39 is 0 Å². The standard InChI is InChI=1S/C22H25N5O4/c1-13(29-12-14-10-23-11-14)21-25-26-22(30-21)16-7-17(8-16)24-20(28)19-9-18(27-31-19)15-5-3-2-4-6-15/h2-6,9,13-14,16-17,23H,7-8,10-12H2,1H3,(H,24,28)/t13-,16?,17?/m1/s1. The molecular formula is C22H25N5O4. The molecule has 31 heavy (non-hydrogen) atoms. The molecule has 9 heteroatoms. The minimum Gasteiger partial charge on any atom is -0.422 e. The Balaban J connectivity index is 1.10. The molecule has 2 fully saturated rings. The van der Waals surface area contributed by atoms with E-state index in [4.69, 9.17) is 13.7 Å². The number of ether oxygens (including phenoxy) is 1. The summed E-state index contributed by atoms with van der Waals surface area (Å²) < 4.78 is 16.9. The Bertz CT molecular complexity index is 1020. The average Bonchev–Trinajstić information content (AvgIpc) is 3.40. The van der Waals surface area contributed by atoms with Gasteiger partial charge >= 0.3 is 0 Å². The molecule has 5 rings (SSSR count). The summed E-state index contributed by atoms with van der Waals surface area (Å²) in [5.41, 5.74) is 1.55. The molecule has 2 aliphatic rings. The molecule has 1 saturated heterocycles. The van der Waals surface area contributed by atoms with Gasteiger partial charge in [0.15, 0.2) is 0 Å². The van der Waals surface area contributed by atoms with Gasteiger partial charge in [-0.3, -0.25) is 4.79 Å². The molecule has 1 amide bonds. The fourth-order valence-corrected chi connectivity index (χ4v) is 3.71.